The number of hydrogen-bond acceptors (Lipinski definition) is 4. The fraction of sp³-hybridized carbons (Fsp3) is 0.739. The summed E-state index contributed by atoms with van der Waals surface area (Å²) < 4.78 is 11.4. The van der Waals surface area contributed by atoms with Crippen molar-refractivity contribution in [2.24, 2.45) is 35.5 Å². The van der Waals surface area contributed by atoms with Crippen LogP contribution in [0.15, 0.2) is 24.3 Å². The van der Waals surface area contributed by atoms with E-state index in [0.717, 1.165) is 31.1 Å². The summed E-state index contributed by atoms with van der Waals surface area (Å²) in [6.45, 7) is 7.18. The lowest BCUT2D eigenvalue weighted by Crippen LogP contribution is -2.50. The molecule has 0 N–H and O–H groups in total. The minimum atomic E-state index is -0.526. The Morgan fingerprint density at radius 3 is 2.48 bits per heavy atom. The summed E-state index contributed by atoms with van der Waals surface area (Å²) >= 11 is 0. The zero-order valence-electron chi connectivity index (χ0n) is 16.6. The summed E-state index contributed by atoms with van der Waals surface area (Å²) in [5.74, 6) is 2.58. The Morgan fingerprint density at radius 2 is 1.85 bits per heavy atom. The van der Waals surface area contributed by atoms with Crippen molar-refractivity contribution in [3.8, 4) is 0 Å². The fourth-order valence-electron chi connectivity index (χ4n) is 5.82. The van der Waals surface area contributed by atoms with Gasteiger partial charge in [0.15, 0.2) is 6.61 Å². The van der Waals surface area contributed by atoms with Crippen LogP contribution in [0.5, 0.6) is 0 Å². The second-order valence-corrected chi connectivity index (χ2v) is 9.46. The van der Waals surface area contributed by atoms with E-state index in [4.69, 9.17) is 9.47 Å². The topological polar surface area (TPSA) is 52.6 Å². The number of rotatable bonds is 7. The smallest absolute Gasteiger partial charge is 0.344 e. The number of hydrogen-bond donors (Lipinski definition) is 0. The van der Waals surface area contributed by atoms with Crippen molar-refractivity contribution in [3.05, 3.63) is 24.3 Å². The van der Waals surface area contributed by atoms with E-state index in [1.54, 1.807) is 6.92 Å². The van der Waals surface area contributed by atoms with Gasteiger partial charge in [-0.25, -0.2) is 9.59 Å². The molecule has 4 rings (SSSR count). The molecule has 0 aromatic heterocycles. The van der Waals surface area contributed by atoms with Crippen LogP contribution in [-0.4, -0.2) is 24.1 Å². The van der Waals surface area contributed by atoms with Crippen molar-refractivity contribution in [1.29, 1.82) is 0 Å². The third-order valence-corrected chi connectivity index (χ3v) is 7.36. The van der Waals surface area contributed by atoms with Crippen LogP contribution in [0.3, 0.4) is 0 Å². The highest BCUT2D eigenvalue weighted by molar-refractivity contribution is 5.88. The van der Waals surface area contributed by atoms with Gasteiger partial charge in [-0.1, -0.05) is 38.5 Å². The monoisotopic (exact) mass is 372 g/mol. The molecule has 0 spiro atoms. The molecule has 0 heterocycles. The quantitative estimate of drug-likeness (QED) is 0.376. The van der Waals surface area contributed by atoms with Gasteiger partial charge in [-0.2, -0.15) is 0 Å². The molecule has 4 atom stereocenters. The van der Waals surface area contributed by atoms with E-state index in [0.29, 0.717) is 29.2 Å². The highest BCUT2D eigenvalue weighted by atomic mass is 16.6. The standard InChI is InChI=1S/C23H32O4/c1-14(2)22(25)26-13-21(24)27-23(18-8-4-15(3)5-9-18)19(10-16-6-7-16)11-17-12-20(17)23/h6-7,15-20H,1,4-5,8-13H2,2-3H3. The molecule has 0 aromatic carbocycles. The zero-order chi connectivity index (χ0) is 19.2. The van der Waals surface area contributed by atoms with E-state index in [1.807, 2.05) is 0 Å². The van der Waals surface area contributed by atoms with Gasteiger partial charge in [0.1, 0.15) is 5.60 Å². The van der Waals surface area contributed by atoms with Crippen LogP contribution < -0.4 is 0 Å². The maximum absolute atomic E-state index is 12.7. The number of allylic oxidation sites excluding steroid dienone is 2. The largest absolute Gasteiger partial charge is 0.456 e. The Kier molecular flexibility index (Phi) is 4.94. The van der Waals surface area contributed by atoms with E-state index < -0.39 is 5.97 Å². The van der Waals surface area contributed by atoms with Crippen molar-refractivity contribution in [1.82, 2.24) is 0 Å². The number of ether oxygens (including phenoxy) is 2. The van der Waals surface area contributed by atoms with E-state index in [-0.39, 0.29) is 18.2 Å². The van der Waals surface area contributed by atoms with Crippen LogP contribution in [0, 0.1) is 35.5 Å². The molecule has 0 radical (unpaired) electrons. The van der Waals surface area contributed by atoms with Gasteiger partial charge in [-0.05, 0) is 62.7 Å². The molecular formula is C23H32O4. The first-order chi connectivity index (χ1) is 12.9. The Bertz CT molecular complexity index is 651. The van der Waals surface area contributed by atoms with Gasteiger partial charge < -0.3 is 9.47 Å². The lowest BCUT2D eigenvalue weighted by atomic mass is 9.66. The third kappa shape index (κ3) is 3.72. The molecule has 4 unspecified atom stereocenters. The van der Waals surface area contributed by atoms with E-state index >= 15 is 0 Å². The average Bonchev–Trinajstić information content (AvgIpc) is 3.55. The van der Waals surface area contributed by atoms with E-state index in [2.05, 4.69) is 25.7 Å². The summed E-state index contributed by atoms with van der Waals surface area (Å²) in [4.78, 5) is 24.4. The van der Waals surface area contributed by atoms with Crippen LogP contribution in [-0.2, 0) is 19.1 Å². The number of esters is 2. The van der Waals surface area contributed by atoms with Crippen molar-refractivity contribution < 1.29 is 19.1 Å². The third-order valence-electron chi connectivity index (χ3n) is 7.36. The molecule has 0 aromatic rings. The summed E-state index contributed by atoms with van der Waals surface area (Å²) in [7, 11) is 0. The molecule has 3 saturated carbocycles. The minimum absolute atomic E-state index is 0.303. The fourth-order valence-corrected chi connectivity index (χ4v) is 5.82. The minimum Gasteiger partial charge on any atom is -0.456 e. The lowest BCUT2D eigenvalue weighted by Gasteiger charge is -2.46. The predicted octanol–water partition coefficient (Wildman–Crippen LogP) is 4.45. The van der Waals surface area contributed by atoms with Crippen molar-refractivity contribution in [3.63, 3.8) is 0 Å². The first-order valence-electron chi connectivity index (χ1n) is 10.6. The Hall–Kier alpha value is -1.58. The van der Waals surface area contributed by atoms with E-state index in [9.17, 15) is 9.59 Å². The van der Waals surface area contributed by atoms with Crippen molar-refractivity contribution >= 4 is 11.9 Å². The summed E-state index contributed by atoms with van der Waals surface area (Å²) in [5.41, 5.74) is -0.0264. The number of carbonyl (C=O) groups excluding carboxylic acids is 2. The highest BCUT2D eigenvalue weighted by Crippen LogP contribution is 2.67. The van der Waals surface area contributed by atoms with Crippen LogP contribution in [0.25, 0.3) is 0 Å². The Balaban J connectivity index is 1.50. The van der Waals surface area contributed by atoms with Gasteiger partial charge in [0, 0.05) is 17.4 Å². The SMILES string of the molecule is C=C(C)C(=O)OCC(=O)OC1(C2CCC(C)CC2)C(CC2C=C2)CC2CC21. The van der Waals surface area contributed by atoms with Gasteiger partial charge in [0.25, 0.3) is 0 Å². The maximum Gasteiger partial charge on any atom is 0.344 e. The first kappa shape index (κ1) is 18.8. The molecule has 0 amide bonds. The number of carbonyl (C=O) groups is 2. The maximum atomic E-state index is 12.7. The van der Waals surface area contributed by atoms with Crippen molar-refractivity contribution in [2.45, 2.75) is 64.4 Å². The summed E-state index contributed by atoms with van der Waals surface area (Å²) in [6, 6.07) is 0. The van der Waals surface area contributed by atoms with Crippen LogP contribution in [0.2, 0.25) is 0 Å². The van der Waals surface area contributed by atoms with E-state index in [1.165, 1.54) is 25.7 Å². The van der Waals surface area contributed by atoms with Crippen LogP contribution in [0.1, 0.15) is 58.8 Å². The molecule has 148 valence electrons. The molecule has 0 aliphatic heterocycles. The molecule has 27 heavy (non-hydrogen) atoms. The van der Waals surface area contributed by atoms with Crippen molar-refractivity contribution in [2.75, 3.05) is 6.61 Å². The Labute approximate surface area is 162 Å². The molecular weight excluding hydrogens is 340 g/mol. The average molecular weight is 373 g/mol. The van der Waals surface area contributed by atoms with Gasteiger partial charge in [0.2, 0.25) is 0 Å². The summed E-state index contributed by atoms with van der Waals surface area (Å²) in [5, 5.41) is 0. The molecule has 4 nitrogen and oxygen atoms in total. The van der Waals surface area contributed by atoms with Gasteiger partial charge in [-0.15, -0.1) is 0 Å². The second kappa shape index (κ2) is 7.10. The first-order valence-corrected chi connectivity index (χ1v) is 10.6. The zero-order valence-corrected chi connectivity index (χ0v) is 16.6. The van der Waals surface area contributed by atoms with Crippen LogP contribution in [0.4, 0.5) is 0 Å². The van der Waals surface area contributed by atoms with Gasteiger partial charge in [-0.3, -0.25) is 0 Å². The molecule has 4 aliphatic rings. The van der Waals surface area contributed by atoms with Gasteiger partial charge in [0.05, 0.1) is 0 Å². The molecule has 0 saturated heterocycles. The lowest BCUT2D eigenvalue weighted by molar-refractivity contribution is -0.187. The molecule has 4 heteroatoms. The highest BCUT2D eigenvalue weighted by Gasteiger charge is 2.68. The molecule has 4 aliphatic carbocycles. The molecule has 3 fully saturated rings. The second-order valence-electron chi connectivity index (χ2n) is 9.46. The van der Waals surface area contributed by atoms with Gasteiger partial charge >= 0.3 is 11.9 Å². The molecule has 0 bridgehead atoms. The van der Waals surface area contributed by atoms with Crippen LogP contribution >= 0.6 is 0 Å². The normalized spacial score (nSPS) is 39.6. The Morgan fingerprint density at radius 1 is 1.15 bits per heavy atom. The number of fused-ring (bicyclic) bond motifs is 1. The predicted molar refractivity (Wildman–Crippen MR) is 103 cm³/mol. The summed E-state index contributed by atoms with van der Waals surface area (Å²) in [6.07, 6.45) is 12.8.